The number of aromatic nitrogens is 1. The van der Waals surface area contributed by atoms with Gasteiger partial charge in [0.1, 0.15) is 0 Å². The molecule has 108 valence electrons. The smallest absolute Gasteiger partial charge is 0.308 e. The van der Waals surface area contributed by atoms with Crippen molar-refractivity contribution in [3.05, 3.63) is 15.6 Å². The van der Waals surface area contributed by atoms with E-state index in [1.54, 1.807) is 11.3 Å². The van der Waals surface area contributed by atoms with Gasteiger partial charge in [0.25, 0.3) is 0 Å². The number of thiazole rings is 1. The topological polar surface area (TPSA) is 53.4 Å². The quantitative estimate of drug-likeness (QED) is 0.757. The Morgan fingerprint density at radius 2 is 2.11 bits per heavy atom. The highest BCUT2D eigenvalue weighted by atomic mass is 32.1. The van der Waals surface area contributed by atoms with E-state index in [-0.39, 0.29) is 6.42 Å². The molecule has 0 bridgehead atoms. The minimum Gasteiger partial charge on any atom is -0.481 e. The van der Waals surface area contributed by atoms with Gasteiger partial charge in [-0.15, -0.1) is 11.3 Å². The zero-order chi connectivity index (χ0) is 14.3. The number of carboxylic acids is 1. The van der Waals surface area contributed by atoms with Crippen LogP contribution in [0.5, 0.6) is 0 Å². The van der Waals surface area contributed by atoms with Crippen molar-refractivity contribution in [1.82, 2.24) is 9.88 Å². The predicted molar refractivity (Wildman–Crippen MR) is 78.9 cm³/mol. The second-order valence-electron chi connectivity index (χ2n) is 4.72. The molecule has 1 N–H and O–H groups in total. The van der Waals surface area contributed by atoms with Crippen molar-refractivity contribution in [3.63, 3.8) is 0 Å². The van der Waals surface area contributed by atoms with Gasteiger partial charge in [0.15, 0.2) is 0 Å². The van der Waals surface area contributed by atoms with Crippen molar-refractivity contribution in [2.45, 2.75) is 46.5 Å². The van der Waals surface area contributed by atoms with E-state index in [4.69, 9.17) is 5.11 Å². The summed E-state index contributed by atoms with van der Waals surface area (Å²) in [7, 11) is 0. The first-order chi connectivity index (χ1) is 9.06. The molecule has 0 aliphatic rings. The van der Waals surface area contributed by atoms with Crippen LogP contribution in [0.1, 0.15) is 42.3 Å². The third-order valence-corrected chi connectivity index (χ3v) is 4.38. The first-order valence-electron chi connectivity index (χ1n) is 6.96. The molecule has 5 heteroatoms. The number of aryl methyl sites for hydroxylation is 1. The number of hydrogen-bond acceptors (Lipinski definition) is 4. The zero-order valence-corrected chi connectivity index (χ0v) is 12.9. The number of hydrogen-bond donors (Lipinski definition) is 1. The molecule has 19 heavy (non-hydrogen) atoms. The fourth-order valence-electron chi connectivity index (χ4n) is 1.96. The van der Waals surface area contributed by atoms with Gasteiger partial charge in [-0.2, -0.15) is 0 Å². The Bertz CT molecular complexity index is 404. The minimum atomic E-state index is -0.781. The summed E-state index contributed by atoms with van der Waals surface area (Å²) in [5, 5.41) is 9.88. The van der Waals surface area contributed by atoms with Crippen LogP contribution in [-0.4, -0.2) is 40.6 Å². The average Bonchev–Trinajstić information content (AvgIpc) is 2.69. The highest BCUT2D eigenvalue weighted by Crippen LogP contribution is 2.19. The maximum atomic E-state index is 10.7. The molecule has 1 aromatic rings. The number of aliphatic carboxylic acids is 1. The molecule has 1 rings (SSSR count). The Labute approximate surface area is 119 Å². The normalized spacial score (nSPS) is 11.2. The summed E-state index contributed by atoms with van der Waals surface area (Å²) in [6, 6.07) is 0. The summed E-state index contributed by atoms with van der Waals surface area (Å²) in [5.74, 6) is -0.781. The van der Waals surface area contributed by atoms with Crippen LogP contribution in [0.25, 0.3) is 0 Å². The fraction of sp³-hybridized carbons (Fsp3) is 0.714. The van der Waals surface area contributed by atoms with Crippen LogP contribution in [-0.2, 0) is 17.6 Å². The van der Waals surface area contributed by atoms with Gasteiger partial charge >= 0.3 is 5.97 Å². The van der Waals surface area contributed by atoms with Gasteiger partial charge < -0.3 is 10.0 Å². The number of nitrogens with zero attached hydrogens (tertiary/aromatic N) is 2. The number of rotatable bonds is 9. The maximum Gasteiger partial charge on any atom is 0.308 e. The molecule has 0 spiro atoms. The Balaban J connectivity index is 2.50. The number of likely N-dealkylation sites (N-methyl/N-ethyl adjacent to an activating group) is 1. The summed E-state index contributed by atoms with van der Waals surface area (Å²) in [6.07, 6.45) is 3.46. The lowest BCUT2D eigenvalue weighted by atomic mass is 10.3. The zero-order valence-electron chi connectivity index (χ0n) is 12.1. The molecule has 0 radical (unpaired) electrons. The second kappa shape index (κ2) is 8.27. The molecule has 0 aliphatic carbocycles. The predicted octanol–water partition coefficient (Wildman–Crippen LogP) is 2.74. The van der Waals surface area contributed by atoms with E-state index in [9.17, 15) is 4.79 Å². The fourth-order valence-corrected chi connectivity index (χ4v) is 3.01. The molecular formula is C14H24N2O2S. The summed E-state index contributed by atoms with van der Waals surface area (Å²) < 4.78 is 0. The van der Waals surface area contributed by atoms with Crippen molar-refractivity contribution in [3.8, 4) is 0 Å². The molecule has 1 aromatic heterocycles. The van der Waals surface area contributed by atoms with E-state index in [0.29, 0.717) is 0 Å². The monoisotopic (exact) mass is 284 g/mol. The molecule has 0 saturated carbocycles. The van der Waals surface area contributed by atoms with Gasteiger partial charge in [-0.3, -0.25) is 4.79 Å². The van der Waals surface area contributed by atoms with Crippen LogP contribution in [0.15, 0.2) is 0 Å². The highest BCUT2D eigenvalue weighted by Gasteiger charge is 2.11. The lowest BCUT2D eigenvalue weighted by Gasteiger charge is -2.19. The Kier molecular flexibility index (Phi) is 7.02. The second-order valence-corrected chi connectivity index (χ2v) is 5.89. The lowest BCUT2D eigenvalue weighted by molar-refractivity contribution is -0.136. The number of unbranched alkanes of at least 4 members (excludes halogenated alkanes) is 1. The minimum absolute atomic E-state index is 0.0941. The van der Waals surface area contributed by atoms with Crippen molar-refractivity contribution < 1.29 is 9.90 Å². The van der Waals surface area contributed by atoms with Crippen molar-refractivity contribution in [2.24, 2.45) is 0 Å². The van der Waals surface area contributed by atoms with E-state index in [0.717, 1.165) is 41.6 Å². The van der Waals surface area contributed by atoms with E-state index < -0.39 is 5.97 Å². The van der Waals surface area contributed by atoms with Crippen molar-refractivity contribution in [2.75, 3.05) is 19.6 Å². The number of carboxylic acid groups (broad SMARTS) is 1. The van der Waals surface area contributed by atoms with Crippen molar-refractivity contribution in [1.29, 1.82) is 0 Å². The van der Waals surface area contributed by atoms with E-state index in [1.165, 1.54) is 12.8 Å². The molecule has 0 aromatic carbocycles. The Hall–Kier alpha value is -0.940. The van der Waals surface area contributed by atoms with Gasteiger partial charge in [0.05, 0.1) is 17.1 Å². The third-order valence-electron chi connectivity index (χ3n) is 3.17. The van der Waals surface area contributed by atoms with Crippen molar-refractivity contribution >= 4 is 17.3 Å². The number of carbonyl (C=O) groups is 1. The molecular weight excluding hydrogens is 260 g/mol. The molecule has 0 amide bonds. The van der Waals surface area contributed by atoms with Crippen LogP contribution >= 0.6 is 11.3 Å². The average molecular weight is 284 g/mol. The molecule has 1 heterocycles. The highest BCUT2D eigenvalue weighted by molar-refractivity contribution is 7.11. The van der Waals surface area contributed by atoms with E-state index in [2.05, 4.69) is 23.7 Å². The van der Waals surface area contributed by atoms with Gasteiger partial charge in [-0.25, -0.2) is 4.98 Å². The van der Waals surface area contributed by atoms with Gasteiger partial charge in [-0.1, -0.05) is 20.3 Å². The Morgan fingerprint density at radius 1 is 1.37 bits per heavy atom. The first kappa shape index (κ1) is 16.1. The summed E-state index contributed by atoms with van der Waals surface area (Å²) in [6.45, 7) is 9.49. The standard InChI is InChI=1S/C14H24N2O2S/c1-4-6-8-16(5-2)9-7-13-15-11(3)12(19-13)10-14(17)18/h4-10H2,1-3H3,(H,17,18). The van der Waals surface area contributed by atoms with Gasteiger partial charge in [0, 0.05) is 17.8 Å². The van der Waals surface area contributed by atoms with E-state index in [1.807, 2.05) is 6.92 Å². The van der Waals surface area contributed by atoms with Crippen LogP contribution in [0.2, 0.25) is 0 Å². The van der Waals surface area contributed by atoms with E-state index >= 15 is 0 Å². The van der Waals surface area contributed by atoms with Crippen LogP contribution < -0.4 is 0 Å². The van der Waals surface area contributed by atoms with Crippen LogP contribution in [0, 0.1) is 6.92 Å². The largest absolute Gasteiger partial charge is 0.481 e. The van der Waals surface area contributed by atoms with Gasteiger partial charge in [0.2, 0.25) is 0 Å². The van der Waals surface area contributed by atoms with Crippen LogP contribution in [0.4, 0.5) is 0 Å². The third kappa shape index (κ3) is 5.70. The molecule has 0 atom stereocenters. The molecule has 0 fully saturated rings. The SMILES string of the molecule is CCCCN(CC)CCc1nc(C)c(CC(=O)O)s1. The lowest BCUT2D eigenvalue weighted by Crippen LogP contribution is -2.26. The summed E-state index contributed by atoms with van der Waals surface area (Å²) >= 11 is 1.55. The Morgan fingerprint density at radius 3 is 2.68 bits per heavy atom. The molecule has 0 saturated heterocycles. The molecule has 0 unspecified atom stereocenters. The van der Waals surface area contributed by atoms with Gasteiger partial charge in [-0.05, 0) is 26.4 Å². The summed E-state index contributed by atoms with van der Waals surface area (Å²) in [5.41, 5.74) is 0.874. The maximum absolute atomic E-state index is 10.7. The van der Waals surface area contributed by atoms with Crippen LogP contribution in [0.3, 0.4) is 0 Å². The molecule has 0 aliphatic heterocycles. The molecule has 4 nitrogen and oxygen atoms in total. The summed E-state index contributed by atoms with van der Waals surface area (Å²) in [4.78, 5) is 18.5. The first-order valence-corrected chi connectivity index (χ1v) is 7.77.